The van der Waals surface area contributed by atoms with Gasteiger partial charge >= 0.3 is 5.97 Å². The van der Waals surface area contributed by atoms with Crippen molar-refractivity contribution in [3.63, 3.8) is 0 Å². The van der Waals surface area contributed by atoms with E-state index in [4.69, 9.17) is 21.1 Å². The maximum Gasteiger partial charge on any atom is 0.338 e. The van der Waals surface area contributed by atoms with Gasteiger partial charge in [-0.1, -0.05) is 83.1 Å². The molecule has 3 aromatic carbocycles. The number of rotatable bonds is 7. The number of carbonyl (C=O) groups is 1. The molecule has 0 spiro atoms. The Morgan fingerprint density at radius 1 is 1.08 bits per heavy atom. The molecule has 2 heterocycles. The molecule has 1 unspecified atom stereocenters. The molecule has 0 N–H and O–H groups in total. The van der Waals surface area contributed by atoms with Crippen molar-refractivity contribution in [2.24, 2.45) is 4.99 Å². The van der Waals surface area contributed by atoms with Crippen LogP contribution in [-0.4, -0.2) is 17.1 Å². The van der Waals surface area contributed by atoms with Crippen LogP contribution >= 0.6 is 22.9 Å². The first-order valence-electron chi connectivity index (χ1n) is 12.6. The molecule has 1 aliphatic heterocycles. The Morgan fingerprint density at radius 2 is 1.85 bits per heavy atom. The Hall–Kier alpha value is -3.94. The normalized spacial score (nSPS) is 15.1. The van der Waals surface area contributed by atoms with Crippen LogP contribution in [0.25, 0.3) is 6.08 Å². The fourth-order valence-electron chi connectivity index (χ4n) is 4.48. The van der Waals surface area contributed by atoms with Crippen molar-refractivity contribution >= 4 is 35.0 Å². The van der Waals surface area contributed by atoms with E-state index < -0.39 is 12.0 Å². The number of allylic oxidation sites excluding steroid dienone is 1. The number of hydrogen-bond acceptors (Lipinski definition) is 6. The van der Waals surface area contributed by atoms with Crippen molar-refractivity contribution in [1.29, 1.82) is 0 Å². The first-order chi connectivity index (χ1) is 18.9. The highest BCUT2D eigenvalue weighted by Gasteiger charge is 2.33. The first kappa shape index (κ1) is 26.7. The second kappa shape index (κ2) is 11.4. The van der Waals surface area contributed by atoms with Crippen LogP contribution in [-0.2, 0) is 16.1 Å². The van der Waals surface area contributed by atoms with E-state index in [-0.39, 0.29) is 12.2 Å². The maximum absolute atomic E-state index is 13.8. The average molecular weight is 559 g/mol. The second-order valence-electron chi connectivity index (χ2n) is 9.17. The molecule has 198 valence electrons. The van der Waals surface area contributed by atoms with E-state index >= 15 is 0 Å². The molecule has 0 bridgehead atoms. The van der Waals surface area contributed by atoms with Gasteiger partial charge < -0.3 is 9.47 Å². The summed E-state index contributed by atoms with van der Waals surface area (Å²) in [5, 5.41) is 0.648. The third-order valence-corrected chi connectivity index (χ3v) is 7.77. The minimum atomic E-state index is -0.631. The molecule has 1 aromatic heterocycles. The highest BCUT2D eigenvalue weighted by Crippen LogP contribution is 2.31. The monoisotopic (exact) mass is 558 g/mol. The molecule has 0 saturated heterocycles. The SMILES string of the molecule is CCOC(=O)C1=C(C)N=c2sc(=Cc3cccc(OCc4ccccc4Cl)c3)c(=O)n2C1c1ccc(C)cc1. The fourth-order valence-corrected chi connectivity index (χ4v) is 5.71. The zero-order chi connectivity index (χ0) is 27.5. The van der Waals surface area contributed by atoms with Gasteiger partial charge in [0.1, 0.15) is 12.4 Å². The standard InChI is InChI=1S/C31H27ClN2O4S/c1-4-37-30(36)27-20(3)33-31-34(28(27)22-14-12-19(2)13-15-22)29(35)26(39-31)17-21-8-7-10-24(16-21)38-18-23-9-5-6-11-25(23)32/h5-17,28H,4,18H2,1-3H3. The molecular formula is C31H27ClN2O4S. The van der Waals surface area contributed by atoms with E-state index in [0.717, 1.165) is 22.3 Å². The predicted molar refractivity (Wildman–Crippen MR) is 154 cm³/mol. The molecule has 8 heteroatoms. The zero-order valence-corrected chi connectivity index (χ0v) is 23.4. The van der Waals surface area contributed by atoms with Crippen molar-refractivity contribution in [3.8, 4) is 5.75 Å². The molecule has 39 heavy (non-hydrogen) atoms. The molecule has 5 rings (SSSR count). The molecule has 1 aliphatic rings. The van der Waals surface area contributed by atoms with Crippen molar-refractivity contribution in [3.05, 3.63) is 131 Å². The number of aryl methyl sites for hydroxylation is 1. The average Bonchev–Trinajstić information content (AvgIpc) is 3.22. The topological polar surface area (TPSA) is 69.9 Å². The van der Waals surface area contributed by atoms with Crippen LogP contribution in [0.2, 0.25) is 5.02 Å². The van der Waals surface area contributed by atoms with Gasteiger partial charge in [0.15, 0.2) is 4.80 Å². The molecule has 4 aromatic rings. The van der Waals surface area contributed by atoms with Gasteiger partial charge in [-0.25, -0.2) is 9.79 Å². The van der Waals surface area contributed by atoms with Gasteiger partial charge in [0.2, 0.25) is 0 Å². The summed E-state index contributed by atoms with van der Waals surface area (Å²) in [4.78, 5) is 32.0. The molecule has 6 nitrogen and oxygen atoms in total. The molecule has 0 aliphatic carbocycles. The van der Waals surface area contributed by atoms with E-state index in [1.54, 1.807) is 18.4 Å². The van der Waals surface area contributed by atoms with Gasteiger partial charge in [0, 0.05) is 10.6 Å². The summed E-state index contributed by atoms with van der Waals surface area (Å²) in [5.74, 6) is 0.191. The lowest BCUT2D eigenvalue weighted by Crippen LogP contribution is -2.39. The summed E-state index contributed by atoms with van der Waals surface area (Å²) in [6.45, 7) is 6.10. The number of benzene rings is 3. The van der Waals surface area contributed by atoms with E-state index in [1.807, 2.05) is 85.8 Å². The van der Waals surface area contributed by atoms with Crippen LogP contribution in [0.4, 0.5) is 0 Å². The number of nitrogens with zero attached hydrogens (tertiary/aromatic N) is 2. The lowest BCUT2D eigenvalue weighted by molar-refractivity contribution is -0.139. The summed E-state index contributed by atoms with van der Waals surface area (Å²) in [5.41, 5.74) is 4.30. The second-order valence-corrected chi connectivity index (χ2v) is 10.6. The minimum Gasteiger partial charge on any atom is -0.489 e. The zero-order valence-electron chi connectivity index (χ0n) is 21.8. The Morgan fingerprint density at radius 3 is 2.59 bits per heavy atom. The van der Waals surface area contributed by atoms with Gasteiger partial charge in [-0.3, -0.25) is 9.36 Å². The first-order valence-corrected chi connectivity index (χ1v) is 13.8. The highest BCUT2D eigenvalue weighted by molar-refractivity contribution is 7.07. The summed E-state index contributed by atoms with van der Waals surface area (Å²) >= 11 is 7.55. The lowest BCUT2D eigenvalue weighted by Gasteiger charge is -2.24. The van der Waals surface area contributed by atoms with E-state index in [1.165, 1.54) is 11.3 Å². The molecular weight excluding hydrogens is 532 g/mol. The van der Waals surface area contributed by atoms with Crippen molar-refractivity contribution in [2.45, 2.75) is 33.4 Å². The number of ether oxygens (including phenoxy) is 2. The van der Waals surface area contributed by atoms with Crippen molar-refractivity contribution in [2.75, 3.05) is 6.61 Å². The van der Waals surface area contributed by atoms with Crippen LogP contribution in [0.5, 0.6) is 5.75 Å². The summed E-state index contributed by atoms with van der Waals surface area (Å²) in [7, 11) is 0. The van der Waals surface area contributed by atoms with E-state index in [0.29, 0.717) is 38.0 Å². The lowest BCUT2D eigenvalue weighted by atomic mass is 9.95. The third kappa shape index (κ3) is 5.60. The fraction of sp³-hybridized carbons (Fsp3) is 0.194. The van der Waals surface area contributed by atoms with Crippen molar-refractivity contribution in [1.82, 2.24) is 4.57 Å². The number of halogens is 1. The van der Waals surface area contributed by atoms with Crippen LogP contribution in [0.1, 0.15) is 42.1 Å². The minimum absolute atomic E-state index is 0.221. The van der Waals surface area contributed by atoms with Gasteiger partial charge in [0.25, 0.3) is 5.56 Å². The molecule has 1 atom stereocenters. The van der Waals surface area contributed by atoms with Gasteiger partial charge in [-0.15, -0.1) is 0 Å². The molecule has 0 radical (unpaired) electrons. The summed E-state index contributed by atoms with van der Waals surface area (Å²) < 4.78 is 13.4. The molecule has 0 amide bonds. The van der Waals surface area contributed by atoms with E-state index in [9.17, 15) is 9.59 Å². The number of carbonyl (C=O) groups excluding carboxylic acids is 1. The number of esters is 1. The number of aromatic nitrogens is 1. The Balaban J connectivity index is 1.55. The highest BCUT2D eigenvalue weighted by atomic mass is 35.5. The number of thiazole rings is 1. The van der Waals surface area contributed by atoms with E-state index in [2.05, 4.69) is 4.99 Å². The van der Waals surface area contributed by atoms with Gasteiger partial charge in [-0.05, 0) is 56.2 Å². The van der Waals surface area contributed by atoms with Gasteiger partial charge in [-0.2, -0.15) is 0 Å². The predicted octanol–water partition coefficient (Wildman–Crippen LogP) is 5.34. The van der Waals surface area contributed by atoms with Crippen molar-refractivity contribution < 1.29 is 14.3 Å². The number of hydrogen-bond donors (Lipinski definition) is 0. The summed E-state index contributed by atoms with van der Waals surface area (Å²) in [6.07, 6.45) is 1.82. The maximum atomic E-state index is 13.8. The Labute approximate surface area is 235 Å². The Kier molecular flexibility index (Phi) is 7.82. The Bertz CT molecular complexity index is 1750. The molecule has 0 saturated carbocycles. The van der Waals surface area contributed by atoms with Crippen LogP contribution < -0.4 is 19.6 Å². The third-order valence-electron chi connectivity index (χ3n) is 6.42. The number of fused-ring (bicyclic) bond motifs is 1. The largest absolute Gasteiger partial charge is 0.489 e. The quantitative estimate of drug-likeness (QED) is 0.287. The van der Waals surface area contributed by atoms with Gasteiger partial charge in [0.05, 0.1) is 28.5 Å². The smallest absolute Gasteiger partial charge is 0.338 e. The summed E-state index contributed by atoms with van der Waals surface area (Å²) in [6, 6.07) is 22.3. The van der Waals surface area contributed by atoms with Crippen LogP contribution in [0.3, 0.4) is 0 Å². The van der Waals surface area contributed by atoms with Crippen LogP contribution in [0.15, 0.2) is 93.9 Å². The van der Waals surface area contributed by atoms with Crippen LogP contribution in [0, 0.1) is 6.92 Å². The molecule has 0 fully saturated rings.